The van der Waals surface area contributed by atoms with Gasteiger partial charge in [0.2, 0.25) is 5.91 Å². The Morgan fingerprint density at radius 2 is 2.04 bits per heavy atom. The molecule has 1 aliphatic heterocycles. The lowest BCUT2D eigenvalue weighted by Crippen LogP contribution is -2.46. The van der Waals surface area contributed by atoms with E-state index in [4.69, 9.17) is 0 Å². The highest BCUT2D eigenvalue weighted by Crippen LogP contribution is 2.20. The van der Waals surface area contributed by atoms with E-state index in [0.717, 1.165) is 37.9 Å². The number of halogens is 2. The Kier molecular flexibility index (Phi) is 12.0. The number of amides is 1. The molecule has 1 fully saturated rings. The minimum atomic E-state index is 0. The first kappa shape index (κ1) is 24.1. The van der Waals surface area contributed by atoms with Crippen LogP contribution in [0.25, 0.3) is 0 Å². The molecule has 1 aromatic heterocycles. The summed E-state index contributed by atoms with van der Waals surface area (Å²) in [6.45, 7) is 6.90. The summed E-state index contributed by atoms with van der Waals surface area (Å²) in [6.07, 6.45) is 6.77. The molecule has 1 saturated heterocycles. The molecule has 144 valence electrons. The maximum Gasteiger partial charge on any atom is 0.234 e. The lowest BCUT2D eigenvalue weighted by Gasteiger charge is -2.31. The standard InChI is InChI=1S/C18H30N4O.2ClH/c1-14(2)11-17(15-5-4-8-20-12-15)21-18(23)13-22(3)16-6-9-19-10-7-16;;/h4-5,8,12,14,16-17,19H,6-7,9-11,13H2,1-3H3,(H,21,23);2*1H. The number of nitrogens with one attached hydrogen (secondary N) is 2. The number of piperidine rings is 1. The molecule has 0 aliphatic carbocycles. The van der Waals surface area contributed by atoms with Crippen molar-refractivity contribution in [1.82, 2.24) is 20.5 Å². The summed E-state index contributed by atoms with van der Waals surface area (Å²) >= 11 is 0. The molecule has 0 spiro atoms. The van der Waals surface area contributed by atoms with Crippen molar-refractivity contribution < 1.29 is 4.79 Å². The molecule has 2 rings (SSSR count). The molecule has 1 atom stereocenters. The van der Waals surface area contributed by atoms with Gasteiger partial charge in [-0.2, -0.15) is 0 Å². The van der Waals surface area contributed by atoms with Crippen molar-refractivity contribution in [3.63, 3.8) is 0 Å². The second kappa shape index (κ2) is 12.5. The highest BCUT2D eigenvalue weighted by atomic mass is 35.5. The van der Waals surface area contributed by atoms with Crippen LogP contribution in [-0.4, -0.2) is 48.5 Å². The van der Waals surface area contributed by atoms with Crippen LogP contribution in [0.2, 0.25) is 0 Å². The minimum Gasteiger partial charge on any atom is -0.348 e. The van der Waals surface area contributed by atoms with Gasteiger partial charge in [-0.1, -0.05) is 19.9 Å². The molecule has 7 heteroatoms. The monoisotopic (exact) mass is 390 g/mol. The highest BCUT2D eigenvalue weighted by Gasteiger charge is 2.22. The molecule has 1 aromatic rings. The summed E-state index contributed by atoms with van der Waals surface area (Å²) in [5, 5.41) is 6.56. The van der Waals surface area contributed by atoms with Gasteiger partial charge in [-0.15, -0.1) is 24.8 Å². The van der Waals surface area contributed by atoms with E-state index in [2.05, 4.69) is 41.4 Å². The minimum absolute atomic E-state index is 0. The van der Waals surface area contributed by atoms with Gasteiger partial charge in [0.1, 0.15) is 0 Å². The molecule has 0 radical (unpaired) electrons. The van der Waals surface area contributed by atoms with Gasteiger partial charge >= 0.3 is 0 Å². The van der Waals surface area contributed by atoms with Crippen LogP contribution in [0.1, 0.15) is 44.7 Å². The first-order chi connectivity index (χ1) is 11.1. The summed E-state index contributed by atoms with van der Waals surface area (Å²) in [6, 6.07) is 4.51. The number of carbonyl (C=O) groups is 1. The van der Waals surface area contributed by atoms with Crippen LogP contribution in [0.5, 0.6) is 0 Å². The van der Waals surface area contributed by atoms with Crippen LogP contribution in [-0.2, 0) is 4.79 Å². The SMILES string of the molecule is CC(C)CC(NC(=O)CN(C)C1CCNCC1)c1cccnc1.Cl.Cl. The molecule has 1 amide bonds. The molecule has 2 N–H and O–H groups in total. The van der Waals surface area contributed by atoms with Crippen molar-refractivity contribution in [2.75, 3.05) is 26.7 Å². The van der Waals surface area contributed by atoms with E-state index in [1.165, 1.54) is 0 Å². The summed E-state index contributed by atoms with van der Waals surface area (Å²) in [5.74, 6) is 0.614. The van der Waals surface area contributed by atoms with Gasteiger partial charge in [0.05, 0.1) is 12.6 Å². The van der Waals surface area contributed by atoms with Crippen molar-refractivity contribution in [3.8, 4) is 0 Å². The Morgan fingerprint density at radius 3 is 2.60 bits per heavy atom. The molecular formula is C18H32Cl2N4O. The second-order valence-corrected chi connectivity index (χ2v) is 6.93. The number of hydrogen-bond donors (Lipinski definition) is 2. The molecule has 0 aromatic carbocycles. The average Bonchev–Trinajstić information content (AvgIpc) is 2.55. The predicted molar refractivity (Wildman–Crippen MR) is 108 cm³/mol. The van der Waals surface area contributed by atoms with Crippen LogP contribution in [0.3, 0.4) is 0 Å². The van der Waals surface area contributed by atoms with E-state index in [1.807, 2.05) is 18.3 Å². The maximum atomic E-state index is 12.5. The zero-order chi connectivity index (χ0) is 16.7. The molecular weight excluding hydrogens is 359 g/mol. The molecule has 2 heterocycles. The number of nitrogens with zero attached hydrogens (tertiary/aromatic N) is 2. The summed E-state index contributed by atoms with van der Waals surface area (Å²) in [5.41, 5.74) is 1.08. The van der Waals surface area contributed by atoms with Crippen molar-refractivity contribution in [2.45, 2.75) is 45.2 Å². The fourth-order valence-electron chi connectivity index (χ4n) is 3.17. The second-order valence-electron chi connectivity index (χ2n) is 6.93. The van der Waals surface area contributed by atoms with E-state index in [0.29, 0.717) is 18.5 Å². The van der Waals surface area contributed by atoms with Gasteiger partial charge in [0.15, 0.2) is 0 Å². The fourth-order valence-corrected chi connectivity index (χ4v) is 3.17. The number of rotatable bonds is 7. The third kappa shape index (κ3) is 8.36. The van der Waals surface area contributed by atoms with Crippen LogP contribution in [0, 0.1) is 5.92 Å². The molecule has 25 heavy (non-hydrogen) atoms. The zero-order valence-electron chi connectivity index (χ0n) is 15.4. The summed E-state index contributed by atoms with van der Waals surface area (Å²) in [4.78, 5) is 18.8. The van der Waals surface area contributed by atoms with Crippen molar-refractivity contribution >= 4 is 30.7 Å². The lowest BCUT2D eigenvalue weighted by molar-refractivity contribution is -0.123. The largest absolute Gasteiger partial charge is 0.348 e. The number of hydrogen-bond acceptors (Lipinski definition) is 4. The van der Waals surface area contributed by atoms with E-state index >= 15 is 0 Å². The summed E-state index contributed by atoms with van der Waals surface area (Å²) in [7, 11) is 2.05. The van der Waals surface area contributed by atoms with Gasteiger partial charge in [-0.25, -0.2) is 0 Å². The van der Waals surface area contributed by atoms with Gasteiger partial charge in [-0.05, 0) is 56.9 Å². The first-order valence-electron chi connectivity index (χ1n) is 8.66. The van der Waals surface area contributed by atoms with E-state index < -0.39 is 0 Å². The van der Waals surface area contributed by atoms with Gasteiger partial charge in [0, 0.05) is 18.4 Å². The Morgan fingerprint density at radius 1 is 1.36 bits per heavy atom. The van der Waals surface area contributed by atoms with E-state index in [9.17, 15) is 4.79 Å². The molecule has 5 nitrogen and oxygen atoms in total. The Bertz CT molecular complexity index is 481. The zero-order valence-corrected chi connectivity index (χ0v) is 17.0. The topological polar surface area (TPSA) is 57.3 Å². The van der Waals surface area contributed by atoms with Crippen molar-refractivity contribution in [2.24, 2.45) is 5.92 Å². The normalized spacial score (nSPS) is 16.0. The number of likely N-dealkylation sites (N-methyl/N-ethyl adjacent to an activating group) is 1. The highest BCUT2D eigenvalue weighted by molar-refractivity contribution is 5.85. The molecule has 0 bridgehead atoms. The van der Waals surface area contributed by atoms with Gasteiger partial charge < -0.3 is 10.6 Å². The number of carbonyl (C=O) groups excluding carboxylic acids is 1. The third-order valence-electron chi connectivity index (χ3n) is 4.45. The Balaban J connectivity index is 0.00000288. The maximum absolute atomic E-state index is 12.5. The summed E-state index contributed by atoms with van der Waals surface area (Å²) < 4.78 is 0. The lowest BCUT2D eigenvalue weighted by atomic mass is 9.98. The quantitative estimate of drug-likeness (QED) is 0.751. The molecule has 0 saturated carbocycles. The van der Waals surface area contributed by atoms with Crippen LogP contribution < -0.4 is 10.6 Å². The average molecular weight is 391 g/mol. The van der Waals surface area contributed by atoms with Gasteiger partial charge in [0.25, 0.3) is 0 Å². The van der Waals surface area contributed by atoms with Crippen LogP contribution >= 0.6 is 24.8 Å². The van der Waals surface area contributed by atoms with E-state index in [1.54, 1.807) is 6.20 Å². The van der Waals surface area contributed by atoms with Gasteiger partial charge in [-0.3, -0.25) is 14.7 Å². The van der Waals surface area contributed by atoms with Crippen LogP contribution in [0.15, 0.2) is 24.5 Å². The molecule has 1 aliphatic rings. The van der Waals surface area contributed by atoms with Crippen molar-refractivity contribution in [1.29, 1.82) is 0 Å². The number of aromatic nitrogens is 1. The predicted octanol–water partition coefficient (Wildman–Crippen LogP) is 2.81. The first-order valence-corrected chi connectivity index (χ1v) is 8.66. The van der Waals surface area contributed by atoms with E-state index in [-0.39, 0.29) is 36.8 Å². The van der Waals surface area contributed by atoms with Crippen molar-refractivity contribution in [3.05, 3.63) is 30.1 Å². The van der Waals surface area contributed by atoms with Crippen LogP contribution in [0.4, 0.5) is 0 Å². The Labute approximate surface area is 164 Å². The number of pyridine rings is 1. The molecule has 1 unspecified atom stereocenters. The third-order valence-corrected chi connectivity index (χ3v) is 4.45. The smallest absolute Gasteiger partial charge is 0.234 e. The fraction of sp³-hybridized carbons (Fsp3) is 0.667. The Hall–Kier alpha value is -0.880.